The van der Waals surface area contributed by atoms with Crippen LogP contribution in [0.25, 0.3) is 0 Å². The zero-order chi connectivity index (χ0) is 17.1. The van der Waals surface area contributed by atoms with Crippen molar-refractivity contribution in [1.82, 2.24) is 4.98 Å². The van der Waals surface area contributed by atoms with Gasteiger partial charge in [0.1, 0.15) is 11.6 Å². The standard InChI is InChI=1S/C19H18FN3O/c1-12-7-8-15(14(20)11-12)24-16-9-10-23-19(22)17(16)18(21)13-5-3-2-4-6-13/h2-5,7-11,13,21H,6H2,1H3,(H2,22,23). The normalized spacial score (nSPS) is 16.2. The van der Waals surface area contributed by atoms with Gasteiger partial charge in [-0.3, -0.25) is 0 Å². The number of pyridine rings is 1. The van der Waals surface area contributed by atoms with Crippen molar-refractivity contribution in [2.75, 3.05) is 5.73 Å². The van der Waals surface area contributed by atoms with E-state index in [1.54, 1.807) is 25.1 Å². The minimum Gasteiger partial charge on any atom is -0.453 e. The highest BCUT2D eigenvalue weighted by molar-refractivity contribution is 6.06. The maximum absolute atomic E-state index is 14.1. The molecule has 1 unspecified atom stereocenters. The number of allylic oxidation sites excluding steroid dienone is 4. The quantitative estimate of drug-likeness (QED) is 0.819. The van der Waals surface area contributed by atoms with Gasteiger partial charge in [0.15, 0.2) is 11.6 Å². The highest BCUT2D eigenvalue weighted by Crippen LogP contribution is 2.32. The van der Waals surface area contributed by atoms with E-state index in [1.165, 1.54) is 12.3 Å². The molecule has 0 spiro atoms. The number of anilines is 1. The van der Waals surface area contributed by atoms with Gasteiger partial charge in [-0.15, -0.1) is 0 Å². The molecule has 4 nitrogen and oxygen atoms in total. The lowest BCUT2D eigenvalue weighted by atomic mass is 9.91. The summed E-state index contributed by atoms with van der Waals surface area (Å²) in [7, 11) is 0. The molecule has 1 aromatic heterocycles. The fourth-order valence-electron chi connectivity index (χ4n) is 2.60. The summed E-state index contributed by atoms with van der Waals surface area (Å²) in [5, 5.41) is 8.48. The molecule has 1 aliphatic carbocycles. The van der Waals surface area contributed by atoms with Crippen molar-refractivity contribution in [2.45, 2.75) is 13.3 Å². The predicted octanol–water partition coefficient (Wildman–Crippen LogP) is 4.40. The number of halogens is 1. The third-order valence-electron chi connectivity index (χ3n) is 3.87. The lowest BCUT2D eigenvalue weighted by Crippen LogP contribution is -2.17. The first kappa shape index (κ1) is 15.9. The zero-order valence-corrected chi connectivity index (χ0v) is 13.3. The molecule has 1 aliphatic rings. The molecule has 1 atom stereocenters. The lowest BCUT2D eigenvalue weighted by molar-refractivity contribution is 0.440. The van der Waals surface area contributed by atoms with Crippen molar-refractivity contribution in [3.8, 4) is 11.5 Å². The van der Waals surface area contributed by atoms with E-state index < -0.39 is 5.82 Å². The Hall–Kier alpha value is -2.95. The summed E-state index contributed by atoms with van der Waals surface area (Å²) in [6.07, 6.45) is 9.97. The van der Waals surface area contributed by atoms with Crippen LogP contribution in [0.1, 0.15) is 17.5 Å². The summed E-state index contributed by atoms with van der Waals surface area (Å²) in [5.74, 6) is 0.0700. The molecule has 0 fully saturated rings. The molecule has 24 heavy (non-hydrogen) atoms. The van der Waals surface area contributed by atoms with E-state index in [-0.39, 0.29) is 17.5 Å². The third-order valence-corrected chi connectivity index (χ3v) is 3.87. The van der Waals surface area contributed by atoms with Crippen LogP contribution >= 0.6 is 0 Å². The number of aryl methyl sites for hydroxylation is 1. The summed E-state index contributed by atoms with van der Waals surface area (Å²) in [6.45, 7) is 1.81. The molecule has 0 saturated carbocycles. The first-order valence-corrected chi connectivity index (χ1v) is 7.67. The van der Waals surface area contributed by atoms with Crippen molar-refractivity contribution < 1.29 is 9.13 Å². The van der Waals surface area contributed by atoms with Gasteiger partial charge in [0, 0.05) is 12.1 Å². The van der Waals surface area contributed by atoms with Crippen LogP contribution in [0.4, 0.5) is 10.2 Å². The summed E-state index contributed by atoms with van der Waals surface area (Å²) >= 11 is 0. The molecular weight excluding hydrogens is 305 g/mol. The fraction of sp³-hybridized carbons (Fsp3) is 0.158. The predicted molar refractivity (Wildman–Crippen MR) is 93.1 cm³/mol. The van der Waals surface area contributed by atoms with Crippen LogP contribution in [0.2, 0.25) is 0 Å². The van der Waals surface area contributed by atoms with Gasteiger partial charge in [0.05, 0.1) is 11.3 Å². The summed E-state index contributed by atoms with van der Waals surface area (Å²) < 4.78 is 19.8. The topological polar surface area (TPSA) is 72.0 Å². The van der Waals surface area contributed by atoms with Crippen molar-refractivity contribution in [2.24, 2.45) is 5.92 Å². The van der Waals surface area contributed by atoms with E-state index in [0.717, 1.165) is 5.56 Å². The minimum atomic E-state index is -0.455. The third kappa shape index (κ3) is 3.20. The molecular formula is C19H18FN3O. The molecule has 122 valence electrons. The number of rotatable bonds is 4. The Bertz CT molecular complexity index is 843. The Morgan fingerprint density at radius 3 is 2.83 bits per heavy atom. The van der Waals surface area contributed by atoms with Gasteiger partial charge in [-0.2, -0.15) is 0 Å². The second kappa shape index (κ2) is 6.66. The maximum atomic E-state index is 14.1. The number of aromatic nitrogens is 1. The van der Waals surface area contributed by atoms with E-state index in [0.29, 0.717) is 23.4 Å². The number of nitrogens with one attached hydrogen (secondary N) is 1. The van der Waals surface area contributed by atoms with Crippen molar-refractivity contribution in [1.29, 1.82) is 5.41 Å². The SMILES string of the molecule is Cc1ccc(Oc2ccnc(N)c2C(=N)C2C=CC=CC2)c(F)c1. The molecule has 0 amide bonds. The summed E-state index contributed by atoms with van der Waals surface area (Å²) in [4.78, 5) is 4.05. The first-order chi connectivity index (χ1) is 11.6. The van der Waals surface area contributed by atoms with E-state index >= 15 is 0 Å². The van der Waals surface area contributed by atoms with Gasteiger partial charge < -0.3 is 15.9 Å². The van der Waals surface area contributed by atoms with Crippen LogP contribution in [-0.2, 0) is 0 Å². The Morgan fingerprint density at radius 2 is 2.12 bits per heavy atom. The molecule has 0 aliphatic heterocycles. The summed E-state index contributed by atoms with van der Waals surface area (Å²) in [6, 6.07) is 6.34. The summed E-state index contributed by atoms with van der Waals surface area (Å²) in [5.41, 5.74) is 7.50. The smallest absolute Gasteiger partial charge is 0.165 e. The van der Waals surface area contributed by atoms with Crippen molar-refractivity contribution in [3.05, 3.63) is 71.7 Å². The van der Waals surface area contributed by atoms with E-state index in [2.05, 4.69) is 4.98 Å². The molecule has 3 N–H and O–H groups in total. The number of hydrogen-bond donors (Lipinski definition) is 2. The highest BCUT2D eigenvalue weighted by Gasteiger charge is 2.21. The van der Waals surface area contributed by atoms with Crippen molar-refractivity contribution >= 4 is 11.5 Å². The Morgan fingerprint density at radius 1 is 1.29 bits per heavy atom. The molecule has 1 heterocycles. The number of nitrogen functional groups attached to an aromatic ring is 1. The van der Waals surface area contributed by atoms with Gasteiger partial charge in [-0.05, 0) is 37.1 Å². The molecule has 0 saturated heterocycles. The molecule has 5 heteroatoms. The number of nitrogens with two attached hydrogens (primary N) is 1. The van der Waals surface area contributed by atoms with Gasteiger partial charge in [-0.25, -0.2) is 9.37 Å². The lowest BCUT2D eigenvalue weighted by Gasteiger charge is -2.19. The number of nitrogens with zero attached hydrogens (tertiary/aromatic N) is 1. The van der Waals surface area contributed by atoms with E-state index in [1.807, 2.05) is 24.3 Å². The van der Waals surface area contributed by atoms with E-state index in [9.17, 15) is 4.39 Å². The maximum Gasteiger partial charge on any atom is 0.165 e. The number of hydrogen-bond acceptors (Lipinski definition) is 4. The van der Waals surface area contributed by atoms with Gasteiger partial charge in [0.2, 0.25) is 0 Å². The fourth-order valence-corrected chi connectivity index (χ4v) is 2.60. The van der Waals surface area contributed by atoms with Crippen LogP contribution in [0.5, 0.6) is 11.5 Å². The molecule has 1 aromatic carbocycles. The van der Waals surface area contributed by atoms with Crippen LogP contribution in [0.3, 0.4) is 0 Å². The molecule has 0 bridgehead atoms. The van der Waals surface area contributed by atoms with Crippen LogP contribution < -0.4 is 10.5 Å². The minimum absolute atomic E-state index is 0.0966. The number of benzene rings is 1. The Labute approximate surface area is 140 Å². The van der Waals surface area contributed by atoms with Crippen LogP contribution in [-0.4, -0.2) is 10.7 Å². The van der Waals surface area contributed by atoms with Gasteiger partial charge >= 0.3 is 0 Å². The van der Waals surface area contributed by atoms with E-state index in [4.69, 9.17) is 15.9 Å². The van der Waals surface area contributed by atoms with Gasteiger partial charge in [-0.1, -0.05) is 30.4 Å². The second-order valence-corrected chi connectivity index (χ2v) is 5.67. The second-order valence-electron chi connectivity index (χ2n) is 5.67. The Balaban J connectivity index is 1.97. The largest absolute Gasteiger partial charge is 0.453 e. The zero-order valence-electron chi connectivity index (χ0n) is 13.3. The van der Waals surface area contributed by atoms with Crippen LogP contribution in [0.15, 0.2) is 54.8 Å². The number of ether oxygens (including phenoxy) is 1. The highest BCUT2D eigenvalue weighted by atomic mass is 19.1. The van der Waals surface area contributed by atoms with Gasteiger partial charge in [0.25, 0.3) is 0 Å². The average Bonchev–Trinajstić information content (AvgIpc) is 2.58. The average molecular weight is 323 g/mol. The molecule has 2 aromatic rings. The van der Waals surface area contributed by atoms with Crippen molar-refractivity contribution in [3.63, 3.8) is 0 Å². The van der Waals surface area contributed by atoms with Crippen LogP contribution in [0, 0.1) is 24.1 Å². The first-order valence-electron chi connectivity index (χ1n) is 7.67. The Kier molecular flexibility index (Phi) is 4.42. The molecule has 3 rings (SSSR count). The molecule has 0 radical (unpaired) electrons. The monoisotopic (exact) mass is 323 g/mol.